The average molecular weight is 308 g/mol. The quantitative estimate of drug-likeness (QED) is 0.894. The van der Waals surface area contributed by atoms with Gasteiger partial charge in [0.05, 0.1) is 5.52 Å². The van der Waals surface area contributed by atoms with Crippen molar-refractivity contribution in [2.24, 2.45) is 5.92 Å². The number of H-pyrrole nitrogens is 1. The number of hydrogen-bond acceptors (Lipinski definition) is 2. The maximum atomic E-state index is 4.72. The molecule has 0 bridgehead atoms. The molecule has 0 radical (unpaired) electrons. The van der Waals surface area contributed by atoms with Gasteiger partial charge in [-0.05, 0) is 72.4 Å². The Morgan fingerprint density at radius 2 is 2.11 bits per heavy atom. The fourth-order valence-electron chi connectivity index (χ4n) is 2.72. The maximum Gasteiger partial charge on any atom is 0.107 e. The average Bonchev–Trinajstić information content (AvgIpc) is 2.73. The van der Waals surface area contributed by atoms with Crippen LogP contribution in [0.2, 0.25) is 0 Å². The van der Waals surface area contributed by atoms with E-state index in [0.29, 0.717) is 0 Å². The van der Waals surface area contributed by atoms with Gasteiger partial charge in [-0.15, -0.1) is 0 Å². The normalized spacial score (nSPS) is 17.4. The van der Waals surface area contributed by atoms with Gasteiger partial charge in [0.15, 0.2) is 0 Å². The third kappa shape index (κ3) is 2.45. The molecule has 0 unspecified atom stereocenters. The van der Waals surface area contributed by atoms with Gasteiger partial charge in [0.1, 0.15) is 11.3 Å². The van der Waals surface area contributed by atoms with Gasteiger partial charge in [-0.1, -0.05) is 0 Å². The van der Waals surface area contributed by atoms with Crippen molar-refractivity contribution in [3.05, 3.63) is 28.0 Å². The second-order valence-electron chi connectivity index (χ2n) is 5.22. The topological polar surface area (TPSA) is 40.7 Å². The van der Waals surface area contributed by atoms with E-state index in [1.807, 2.05) is 0 Å². The van der Waals surface area contributed by atoms with E-state index in [1.165, 1.54) is 18.4 Å². The summed E-state index contributed by atoms with van der Waals surface area (Å²) in [7, 11) is 0. The van der Waals surface area contributed by atoms with Gasteiger partial charge in [0.25, 0.3) is 0 Å². The van der Waals surface area contributed by atoms with Crippen molar-refractivity contribution >= 4 is 27.0 Å². The minimum absolute atomic E-state index is 0.770. The van der Waals surface area contributed by atoms with Crippen LogP contribution in [0.1, 0.15) is 24.2 Å². The summed E-state index contributed by atoms with van der Waals surface area (Å²) < 4.78 is 1.09. The number of aromatic nitrogens is 2. The number of nitrogens with zero attached hydrogens (tertiary/aromatic N) is 1. The van der Waals surface area contributed by atoms with Crippen LogP contribution >= 0.6 is 15.9 Å². The Kier molecular flexibility index (Phi) is 3.39. The predicted octanol–water partition coefficient (Wildman–Crippen LogP) is 3.18. The predicted molar refractivity (Wildman–Crippen MR) is 77.8 cm³/mol. The molecule has 1 aromatic heterocycles. The number of piperidine rings is 1. The Hall–Kier alpha value is -0.870. The Morgan fingerprint density at radius 3 is 2.89 bits per heavy atom. The van der Waals surface area contributed by atoms with Gasteiger partial charge in [0, 0.05) is 10.9 Å². The van der Waals surface area contributed by atoms with Crippen molar-refractivity contribution in [2.75, 3.05) is 13.1 Å². The number of fused-ring (bicyclic) bond motifs is 1. The molecule has 1 aliphatic rings. The minimum atomic E-state index is 0.770. The molecule has 96 valence electrons. The summed E-state index contributed by atoms with van der Waals surface area (Å²) in [6.07, 6.45) is 3.59. The first kappa shape index (κ1) is 12.2. The largest absolute Gasteiger partial charge is 0.342 e. The van der Waals surface area contributed by atoms with Gasteiger partial charge in [0.2, 0.25) is 0 Å². The molecule has 1 fully saturated rings. The van der Waals surface area contributed by atoms with E-state index >= 15 is 0 Å². The van der Waals surface area contributed by atoms with Gasteiger partial charge < -0.3 is 10.3 Å². The first-order chi connectivity index (χ1) is 8.72. The summed E-state index contributed by atoms with van der Waals surface area (Å²) in [6, 6.07) is 4.29. The minimum Gasteiger partial charge on any atom is -0.342 e. The molecule has 0 amide bonds. The van der Waals surface area contributed by atoms with E-state index in [4.69, 9.17) is 4.98 Å². The molecule has 18 heavy (non-hydrogen) atoms. The molecule has 3 nitrogen and oxygen atoms in total. The number of imidazole rings is 1. The van der Waals surface area contributed by atoms with Crippen molar-refractivity contribution in [1.29, 1.82) is 0 Å². The summed E-state index contributed by atoms with van der Waals surface area (Å²) in [6.45, 7) is 4.40. The molecule has 2 aromatic rings. The molecule has 0 atom stereocenters. The van der Waals surface area contributed by atoms with Crippen molar-refractivity contribution in [3.8, 4) is 0 Å². The SMILES string of the molecule is Cc1cc(Br)c2nc(CC3CCNCC3)[nH]c2c1. The summed E-state index contributed by atoms with van der Waals surface area (Å²) in [5, 5.41) is 3.41. The lowest BCUT2D eigenvalue weighted by molar-refractivity contribution is 0.368. The fraction of sp³-hybridized carbons (Fsp3) is 0.500. The Bertz CT molecular complexity index is 555. The number of hydrogen-bond donors (Lipinski definition) is 2. The second-order valence-corrected chi connectivity index (χ2v) is 6.08. The maximum absolute atomic E-state index is 4.72. The van der Waals surface area contributed by atoms with E-state index in [1.54, 1.807) is 0 Å². The molecule has 0 spiro atoms. The lowest BCUT2D eigenvalue weighted by Crippen LogP contribution is -2.28. The molecule has 2 N–H and O–H groups in total. The van der Waals surface area contributed by atoms with Crippen LogP contribution in [0.4, 0.5) is 0 Å². The summed E-state index contributed by atoms with van der Waals surface area (Å²) in [5.74, 6) is 1.90. The van der Waals surface area contributed by atoms with Crippen LogP contribution in [0.3, 0.4) is 0 Å². The van der Waals surface area contributed by atoms with E-state index in [0.717, 1.165) is 46.8 Å². The Morgan fingerprint density at radius 1 is 1.33 bits per heavy atom. The first-order valence-electron chi connectivity index (χ1n) is 6.58. The van der Waals surface area contributed by atoms with Crippen LogP contribution in [0.5, 0.6) is 0 Å². The fourth-order valence-corrected chi connectivity index (χ4v) is 3.38. The smallest absolute Gasteiger partial charge is 0.107 e. The Balaban J connectivity index is 1.86. The van der Waals surface area contributed by atoms with Gasteiger partial charge in [-0.2, -0.15) is 0 Å². The second kappa shape index (κ2) is 5.02. The zero-order chi connectivity index (χ0) is 12.5. The van der Waals surface area contributed by atoms with E-state index < -0.39 is 0 Å². The number of nitrogens with one attached hydrogen (secondary N) is 2. The lowest BCUT2D eigenvalue weighted by atomic mass is 9.94. The van der Waals surface area contributed by atoms with Crippen LogP contribution < -0.4 is 5.32 Å². The first-order valence-corrected chi connectivity index (χ1v) is 7.37. The monoisotopic (exact) mass is 307 g/mol. The summed E-state index contributed by atoms with van der Waals surface area (Å²) in [5.41, 5.74) is 3.46. The molecular weight excluding hydrogens is 290 g/mol. The molecule has 1 saturated heterocycles. The van der Waals surface area contributed by atoms with Gasteiger partial charge in [-0.25, -0.2) is 4.98 Å². The van der Waals surface area contributed by atoms with Crippen molar-refractivity contribution in [1.82, 2.24) is 15.3 Å². The zero-order valence-electron chi connectivity index (χ0n) is 10.6. The molecule has 0 aliphatic carbocycles. The number of benzene rings is 1. The molecule has 1 aliphatic heterocycles. The molecule has 3 rings (SSSR count). The lowest BCUT2D eigenvalue weighted by Gasteiger charge is -2.21. The molecular formula is C14H18BrN3. The third-order valence-corrected chi connectivity index (χ3v) is 4.28. The van der Waals surface area contributed by atoms with Crippen molar-refractivity contribution in [2.45, 2.75) is 26.2 Å². The van der Waals surface area contributed by atoms with Crippen LogP contribution in [0, 0.1) is 12.8 Å². The molecule has 1 aromatic carbocycles. The van der Waals surface area contributed by atoms with Crippen LogP contribution in [-0.4, -0.2) is 23.1 Å². The van der Waals surface area contributed by atoms with E-state index in [-0.39, 0.29) is 0 Å². The van der Waals surface area contributed by atoms with Gasteiger partial charge in [-0.3, -0.25) is 0 Å². The van der Waals surface area contributed by atoms with Crippen molar-refractivity contribution in [3.63, 3.8) is 0 Å². The zero-order valence-corrected chi connectivity index (χ0v) is 12.2. The number of aromatic amines is 1. The van der Waals surface area contributed by atoms with Gasteiger partial charge >= 0.3 is 0 Å². The molecule has 4 heteroatoms. The third-order valence-electron chi connectivity index (χ3n) is 3.67. The highest BCUT2D eigenvalue weighted by atomic mass is 79.9. The van der Waals surface area contributed by atoms with Crippen LogP contribution in [-0.2, 0) is 6.42 Å². The summed E-state index contributed by atoms with van der Waals surface area (Å²) >= 11 is 3.59. The highest BCUT2D eigenvalue weighted by Gasteiger charge is 2.16. The standard InChI is InChI=1S/C14H18BrN3/c1-9-6-11(15)14-12(7-9)17-13(18-14)8-10-2-4-16-5-3-10/h6-7,10,16H,2-5,8H2,1H3,(H,17,18). The number of rotatable bonds is 2. The number of halogens is 1. The highest BCUT2D eigenvalue weighted by molar-refractivity contribution is 9.10. The van der Waals surface area contributed by atoms with Crippen molar-refractivity contribution < 1.29 is 0 Å². The Labute approximate surface area is 116 Å². The number of aryl methyl sites for hydroxylation is 1. The summed E-state index contributed by atoms with van der Waals surface area (Å²) in [4.78, 5) is 8.19. The molecule has 0 saturated carbocycles. The van der Waals surface area contributed by atoms with Crippen LogP contribution in [0.15, 0.2) is 16.6 Å². The molecule has 2 heterocycles. The van der Waals surface area contributed by atoms with Crippen LogP contribution in [0.25, 0.3) is 11.0 Å². The van der Waals surface area contributed by atoms with E-state index in [9.17, 15) is 0 Å². The highest BCUT2D eigenvalue weighted by Crippen LogP contribution is 2.25. The van der Waals surface area contributed by atoms with E-state index in [2.05, 4.69) is 45.3 Å².